The van der Waals surface area contributed by atoms with E-state index in [9.17, 15) is 10.1 Å². The van der Waals surface area contributed by atoms with Crippen molar-refractivity contribution in [1.82, 2.24) is 15.0 Å². The Bertz CT molecular complexity index is 989. The second-order valence-corrected chi connectivity index (χ2v) is 6.41. The summed E-state index contributed by atoms with van der Waals surface area (Å²) in [6.07, 6.45) is 2.57. The number of nitro groups is 1. The third-order valence-electron chi connectivity index (χ3n) is 3.57. The molecule has 1 aromatic carbocycles. The summed E-state index contributed by atoms with van der Waals surface area (Å²) in [5.41, 5.74) is 1.15. The molecule has 0 unspecified atom stereocenters. The fraction of sp³-hybridized carbons (Fsp3) is 0.118. The van der Waals surface area contributed by atoms with E-state index in [-0.39, 0.29) is 11.7 Å². The fourth-order valence-electron chi connectivity index (χ4n) is 2.34. The number of nitrogens with zero attached hydrogens (tertiary/aromatic N) is 4. The predicted molar refractivity (Wildman–Crippen MR) is 102 cm³/mol. The van der Waals surface area contributed by atoms with Gasteiger partial charge in [0, 0.05) is 11.2 Å². The van der Waals surface area contributed by atoms with Crippen molar-refractivity contribution in [3.05, 3.63) is 68.1 Å². The molecule has 10 heteroatoms. The molecule has 3 aromatic rings. The van der Waals surface area contributed by atoms with Gasteiger partial charge in [-0.3, -0.25) is 10.1 Å². The van der Waals surface area contributed by atoms with E-state index in [0.717, 1.165) is 17.5 Å². The molecule has 3 rings (SSSR count). The lowest BCUT2D eigenvalue weighted by Gasteiger charge is -2.11. The molecule has 138 valence electrons. The van der Waals surface area contributed by atoms with Gasteiger partial charge in [-0.1, -0.05) is 23.2 Å². The Kier molecular flexibility index (Phi) is 5.38. The van der Waals surface area contributed by atoms with Crippen LogP contribution in [0, 0.1) is 24.0 Å². The van der Waals surface area contributed by atoms with E-state index in [1.807, 2.05) is 13.8 Å². The number of benzene rings is 1. The van der Waals surface area contributed by atoms with Gasteiger partial charge in [-0.15, -0.1) is 0 Å². The standard InChI is InChI=1S/C17H13Cl2N5O3/c1-9-5-12(6-10(2)14(9)19)27-17-15(24(25)26)16(21-8-22-17)23-13-4-3-11(18)7-20-13/h3-8H,1-2H3,(H,20,21,22,23). The summed E-state index contributed by atoms with van der Waals surface area (Å²) in [7, 11) is 0. The van der Waals surface area contributed by atoms with Gasteiger partial charge in [0.15, 0.2) is 0 Å². The van der Waals surface area contributed by atoms with E-state index in [1.54, 1.807) is 24.3 Å². The summed E-state index contributed by atoms with van der Waals surface area (Å²) in [6.45, 7) is 3.63. The van der Waals surface area contributed by atoms with Crippen LogP contribution < -0.4 is 10.1 Å². The van der Waals surface area contributed by atoms with Crippen LogP contribution in [0.3, 0.4) is 0 Å². The summed E-state index contributed by atoms with van der Waals surface area (Å²) >= 11 is 11.9. The molecule has 8 nitrogen and oxygen atoms in total. The molecule has 0 amide bonds. The van der Waals surface area contributed by atoms with Gasteiger partial charge in [0.2, 0.25) is 5.82 Å². The maximum Gasteiger partial charge on any atom is 0.373 e. The number of halogens is 2. The van der Waals surface area contributed by atoms with E-state index in [1.165, 1.54) is 6.20 Å². The van der Waals surface area contributed by atoms with Gasteiger partial charge >= 0.3 is 11.6 Å². The summed E-state index contributed by atoms with van der Waals surface area (Å²) < 4.78 is 5.65. The molecule has 0 radical (unpaired) electrons. The molecule has 1 N–H and O–H groups in total. The normalized spacial score (nSPS) is 10.5. The van der Waals surface area contributed by atoms with Crippen molar-refractivity contribution in [3.8, 4) is 11.6 Å². The van der Waals surface area contributed by atoms with Gasteiger partial charge < -0.3 is 10.1 Å². The van der Waals surface area contributed by atoms with Crippen LogP contribution in [-0.4, -0.2) is 19.9 Å². The number of hydrogen-bond acceptors (Lipinski definition) is 7. The van der Waals surface area contributed by atoms with Crippen LogP contribution >= 0.6 is 23.2 Å². The molecule has 0 fully saturated rings. The highest BCUT2D eigenvalue weighted by molar-refractivity contribution is 6.32. The number of anilines is 2. The first kappa shape index (κ1) is 18.8. The molecular formula is C17H13Cl2N5O3. The SMILES string of the molecule is Cc1cc(Oc2ncnc(Nc3ccc(Cl)cn3)c2[N+](=O)[O-])cc(C)c1Cl. The number of pyridine rings is 1. The van der Waals surface area contributed by atoms with Crippen molar-refractivity contribution < 1.29 is 9.66 Å². The van der Waals surface area contributed by atoms with Crippen LogP contribution in [0.25, 0.3) is 0 Å². The highest BCUT2D eigenvalue weighted by Gasteiger charge is 2.25. The van der Waals surface area contributed by atoms with E-state index < -0.39 is 10.6 Å². The monoisotopic (exact) mass is 405 g/mol. The van der Waals surface area contributed by atoms with Gasteiger partial charge in [0.1, 0.15) is 17.9 Å². The van der Waals surface area contributed by atoms with Crippen LogP contribution in [0.4, 0.5) is 17.3 Å². The van der Waals surface area contributed by atoms with Crippen molar-refractivity contribution >= 4 is 40.5 Å². The van der Waals surface area contributed by atoms with Gasteiger partial charge in [0.05, 0.1) is 9.95 Å². The molecule has 0 bridgehead atoms. The highest BCUT2D eigenvalue weighted by Crippen LogP contribution is 2.36. The van der Waals surface area contributed by atoms with Crippen molar-refractivity contribution in [3.63, 3.8) is 0 Å². The molecule has 0 saturated carbocycles. The van der Waals surface area contributed by atoms with Crippen LogP contribution in [0.2, 0.25) is 10.0 Å². The first-order chi connectivity index (χ1) is 12.8. The molecule has 0 aliphatic rings. The fourth-order valence-corrected chi connectivity index (χ4v) is 2.56. The first-order valence-electron chi connectivity index (χ1n) is 7.67. The summed E-state index contributed by atoms with van der Waals surface area (Å²) in [5, 5.41) is 15.4. The molecule has 0 saturated heterocycles. The first-order valence-corrected chi connectivity index (χ1v) is 8.43. The maximum absolute atomic E-state index is 11.6. The molecule has 27 heavy (non-hydrogen) atoms. The van der Waals surface area contributed by atoms with Crippen LogP contribution in [0.1, 0.15) is 11.1 Å². The molecule has 2 heterocycles. The Labute approximate surface area is 164 Å². The second kappa shape index (κ2) is 7.73. The van der Waals surface area contributed by atoms with E-state index in [2.05, 4.69) is 20.3 Å². The lowest BCUT2D eigenvalue weighted by Crippen LogP contribution is -2.04. The van der Waals surface area contributed by atoms with E-state index in [4.69, 9.17) is 27.9 Å². The Hall–Kier alpha value is -2.97. The van der Waals surface area contributed by atoms with Crippen LogP contribution in [0.15, 0.2) is 36.8 Å². The average Bonchev–Trinajstić information content (AvgIpc) is 2.61. The largest absolute Gasteiger partial charge is 0.434 e. The molecule has 0 aliphatic heterocycles. The minimum atomic E-state index is -0.622. The van der Waals surface area contributed by atoms with Crippen molar-refractivity contribution in [1.29, 1.82) is 0 Å². The van der Waals surface area contributed by atoms with Crippen LogP contribution in [0.5, 0.6) is 11.6 Å². The Morgan fingerprint density at radius 3 is 2.41 bits per heavy atom. The van der Waals surface area contributed by atoms with Gasteiger partial charge in [-0.25, -0.2) is 9.97 Å². The van der Waals surface area contributed by atoms with Crippen molar-refractivity contribution in [2.45, 2.75) is 13.8 Å². The Balaban J connectivity index is 1.98. The third-order valence-corrected chi connectivity index (χ3v) is 4.39. The van der Waals surface area contributed by atoms with E-state index >= 15 is 0 Å². The topological polar surface area (TPSA) is 103 Å². The van der Waals surface area contributed by atoms with Crippen LogP contribution in [-0.2, 0) is 0 Å². The summed E-state index contributed by atoms with van der Waals surface area (Å²) in [4.78, 5) is 22.9. The van der Waals surface area contributed by atoms with Crippen molar-refractivity contribution in [2.75, 3.05) is 5.32 Å². The number of rotatable bonds is 5. The Morgan fingerprint density at radius 2 is 1.81 bits per heavy atom. The molecule has 2 aromatic heterocycles. The summed E-state index contributed by atoms with van der Waals surface area (Å²) in [6, 6.07) is 6.52. The molecule has 0 atom stereocenters. The minimum Gasteiger partial charge on any atom is -0.434 e. The van der Waals surface area contributed by atoms with Gasteiger partial charge in [-0.2, -0.15) is 4.98 Å². The number of hydrogen-bond donors (Lipinski definition) is 1. The smallest absolute Gasteiger partial charge is 0.373 e. The molecule has 0 spiro atoms. The zero-order valence-corrected chi connectivity index (χ0v) is 15.7. The van der Waals surface area contributed by atoms with Gasteiger partial charge in [-0.05, 0) is 49.2 Å². The number of nitrogens with one attached hydrogen (secondary N) is 1. The summed E-state index contributed by atoms with van der Waals surface area (Å²) in [5.74, 6) is 0.465. The number of aromatic nitrogens is 3. The minimum absolute atomic E-state index is 0.0535. The molecular weight excluding hydrogens is 393 g/mol. The number of ether oxygens (including phenoxy) is 1. The lowest BCUT2D eigenvalue weighted by atomic mass is 10.1. The predicted octanol–water partition coefficient (Wildman–Crippen LogP) is 5.24. The average molecular weight is 406 g/mol. The number of aryl methyl sites for hydroxylation is 2. The van der Waals surface area contributed by atoms with Gasteiger partial charge in [0.25, 0.3) is 0 Å². The zero-order valence-electron chi connectivity index (χ0n) is 14.2. The zero-order chi connectivity index (χ0) is 19.6. The quantitative estimate of drug-likeness (QED) is 0.457. The highest BCUT2D eigenvalue weighted by atomic mass is 35.5. The van der Waals surface area contributed by atoms with E-state index in [0.29, 0.717) is 21.6 Å². The molecule has 0 aliphatic carbocycles. The third kappa shape index (κ3) is 4.24. The Morgan fingerprint density at radius 1 is 1.11 bits per heavy atom. The lowest BCUT2D eigenvalue weighted by molar-refractivity contribution is -0.385. The second-order valence-electron chi connectivity index (χ2n) is 5.59. The maximum atomic E-state index is 11.6. The van der Waals surface area contributed by atoms with Crippen molar-refractivity contribution in [2.24, 2.45) is 0 Å².